The first kappa shape index (κ1) is 16.0. The van der Waals surface area contributed by atoms with E-state index in [4.69, 9.17) is 4.98 Å². The van der Waals surface area contributed by atoms with Gasteiger partial charge in [0.2, 0.25) is 0 Å². The van der Waals surface area contributed by atoms with Crippen LogP contribution in [0.4, 0.5) is 5.82 Å². The van der Waals surface area contributed by atoms with Crippen LogP contribution in [0.2, 0.25) is 0 Å². The second kappa shape index (κ2) is 7.60. The van der Waals surface area contributed by atoms with Gasteiger partial charge in [0.05, 0.1) is 0 Å². The number of benzene rings is 1. The minimum atomic E-state index is 0.508. The van der Waals surface area contributed by atoms with Crippen LogP contribution in [-0.2, 0) is 6.54 Å². The molecule has 1 atom stereocenters. The van der Waals surface area contributed by atoms with Crippen LogP contribution in [0.25, 0.3) is 0 Å². The Kier molecular flexibility index (Phi) is 5.29. The summed E-state index contributed by atoms with van der Waals surface area (Å²) in [6.45, 7) is 8.58. The molecule has 0 saturated carbocycles. The van der Waals surface area contributed by atoms with E-state index >= 15 is 0 Å². The monoisotopic (exact) mass is 309 g/mol. The molecule has 3 heteroatoms. The number of hydrogen-bond acceptors (Lipinski definition) is 3. The maximum Gasteiger partial charge on any atom is 0.128 e. The minimum Gasteiger partial charge on any atom is -0.357 e. The van der Waals surface area contributed by atoms with Gasteiger partial charge in [-0.3, -0.25) is 4.90 Å². The number of anilines is 1. The van der Waals surface area contributed by atoms with Gasteiger partial charge in [0.1, 0.15) is 5.82 Å². The van der Waals surface area contributed by atoms with Crippen molar-refractivity contribution < 1.29 is 0 Å². The highest BCUT2D eigenvalue weighted by Gasteiger charge is 2.26. The van der Waals surface area contributed by atoms with Crippen molar-refractivity contribution in [3.05, 3.63) is 59.8 Å². The topological polar surface area (TPSA) is 19.4 Å². The van der Waals surface area contributed by atoms with E-state index in [1.54, 1.807) is 0 Å². The summed E-state index contributed by atoms with van der Waals surface area (Å²) in [6, 6.07) is 15.7. The number of nitrogens with zero attached hydrogens (tertiary/aromatic N) is 3. The molecule has 2 aromatic rings. The molecule has 0 aliphatic carbocycles. The van der Waals surface area contributed by atoms with Gasteiger partial charge >= 0.3 is 0 Å². The highest BCUT2D eigenvalue weighted by atomic mass is 15.2. The Labute approximate surface area is 140 Å². The number of aromatic nitrogens is 1. The average molecular weight is 309 g/mol. The van der Waals surface area contributed by atoms with E-state index in [9.17, 15) is 0 Å². The van der Waals surface area contributed by atoms with Gasteiger partial charge in [-0.1, -0.05) is 36.4 Å². The van der Waals surface area contributed by atoms with E-state index in [-0.39, 0.29) is 0 Å². The largest absolute Gasteiger partial charge is 0.357 e. The Bertz CT molecular complexity index is 590. The lowest BCUT2D eigenvalue weighted by Gasteiger charge is -2.25. The summed E-state index contributed by atoms with van der Waals surface area (Å²) >= 11 is 0. The van der Waals surface area contributed by atoms with Gasteiger partial charge in [-0.25, -0.2) is 4.98 Å². The first-order valence-electron chi connectivity index (χ1n) is 8.80. The molecule has 0 N–H and O–H groups in total. The van der Waals surface area contributed by atoms with Crippen LogP contribution < -0.4 is 4.90 Å². The zero-order chi connectivity index (χ0) is 16.1. The van der Waals surface area contributed by atoms with Crippen LogP contribution in [0.1, 0.15) is 43.9 Å². The minimum absolute atomic E-state index is 0.508. The molecule has 0 radical (unpaired) electrons. The summed E-state index contributed by atoms with van der Waals surface area (Å²) in [5.41, 5.74) is 2.75. The molecule has 1 saturated heterocycles. The van der Waals surface area contributed by atoms with Crippen LogP contribution in [0.3, 0.4) is 0 Å². The highest BCUT2D eigenvalue weighted by Crippen LogP contribution is 2.33. The SMILES string of the molecule is CCN(CC)c1ccc(C2CCCN2Cc2ccccc2)cn1. The fraction of sp³-hybridized carbons (Fsp3) is 0.450. The van der Waals surface area contributed by atoms with Crippen LogP contribution in [-0.4, -0.2) is 29.5 Å². The summed E-state index contributed by atoms with van der Waals surface area (Å²) in [6.07, 6.45) is 4.59. The summed E-state index contributed by atoms with van der Waals surface area (Å²) in [5, 5.41) is 0. The predicted molar refractivity (Wildman–Crippen MR) is 96.6 cm³/mol. The van der Waals surface area contributed by atoms with E-state index in [1.165, 1.54) is 30.5 Å². The molecule has 3 rings (SSSR count). The molecule has 0 bridgehead atoms. The van der Waals surface area contributed by atoms with Gasteiger partial charge in [0.25, 0.3) is 0 Å². The maximum atomic E-state index is 4.71. The predicted octanol–water partition coefficient (Wildman–Crippen LogP) is 4.26. The lowest BCUT2D eigenvalue weighted by molar-refractivity contribution is 0.248. The molecule has 1 aromatic heterocycles. The third-order valence-corrected chi connectivity index (χ3v) is 4.84. The number of likely N-dealkylation sites (tertiary alicyclic amines) is 1. The fourth-order valence-corrected chi connectivity index (χ4v) is 3.54. The summed E-state index contributed by atoms with van der Waals surface area (Å²) in [7, 11) is 0. The summed E-state index contributed by atoms with van der Waals surface area (Å²) in [5.74, 6) is 1.09. The molecule has 3 nitrogen and oxygen atoms in total. The second-order valence-corrected chi connectivity index (χ2v) is 6.24. The van der Waals surface area contributed by atoms with Crippen molar-refractivity contribution in [3.8, 4) is 0 Å². The number of pyridine rings is 1. The van der Waals surface area contributed by atoms with Gasteiger partial charge in [-0.2, -0.15) is 0 Å². The molecule has 1 aromatic carbocycles. The molecule has 1 aliphatic rings. The molecular weight excluding hydrogens is 282 g/mol. The molecule has 0 amide bonds. The first-order valence-corrected chi connectivity index (χ1v) is 8.80. The van der Waals surface area contributed by atoms with Crippen molar-refractivity contribution >= 4 is 5.82 Å². The Morgan fingerprint density at radius 3 is 2.52 bits per heavy atom. The van der Waals surface area contributed by atoms with Crippen molar-refractivity contribution in [3.63, 3.8) is 0 Å². The van der Waals surface area contributed by atoms with E-state index in [0.29, 0.717) is 6.04 Å². The van der Waals surface area contributed by atoms with Crippen molar-refractivity contribution in [2.24, 2.45) is 0 Å². The normalized spacial score (nSPS) is 18.3. The maximum absolute atomic E-state index is 4.71. The van der Waals surface area contributed by atoms with Gasteiger partial charge in [0.15, 0.2) is 0 Å². The average Bonchev–Trinajstić information content (AvgIpc) is 3.06. The Hall–Kier alpha value is -1.87. The van der Waals surface area contributed by atoms with Crippen molar-refractivity contribution in [1.82, 2.24) is 9.88 Å². The third kappa shape index (κ3) is 3.73. The molecule has 1 aliphatic heterocycles. The fourth-order valence-electron chi connectivity index (χ4n) is 3.54. The highest BCUT2D eigenvalue weighted by molar-refractivity contribution is 5.39. The second-order valence-electron chi connectivity index (χ2n) is 6.24. The summed E-state index contributed by atoms with van der Waals surface area (Å²) in [4.78, 5) is 9.58. The quantitative estimate of drug-likeness (QED) is 0.794. The lowest BCUT2D eigenvalue weighted by atomic mass is 10.1. The van der Waals surface area contributed by atoms with Gasteiger partial charge < -0.3 is 4.90 Å². The zero-order valence-electron chi connectivity index (χ0n) is 14.3. The lowest BCUT2D eigenvalue weighted by Crippen LogP contribution is -2.24. The van der Waals surface area contributed by atoms with E-state index in [2.05, 4.69) is 72.3 Å². The molecule has 23 heavy (non-hydrogen) atoms. The number of hydrogen-bond donors (Lipinski definition) is 0. The molecule has 1 fully saturated rings. The smallest absolute Gasteiger partial charge is 0.128 e. The Morgan fingerprint density at radius 1 is 1.09 bits per heavy atom. The van der Waals surface area contributed by atoms with Crippen LogP contribution in [0, 0.1) is 0 Å². The number of rotatable bonds is 6. The van der Waals surface area contributed by atoms with E-state index in [1.807, 2.05) is 0 Å². The summed E-state index contributed by atoms with van der Waals surface area (Å²) < 4.78 is 0. The van der Waals surface area contributed by atoms with Crippen LogP contribution in [0.15, 0.2) is 48.7 Å². The Balaban J connectivity index is 1.72. The Morgan fingerprint density at radius 2 is 1.87 bits per heavy atom. The molecule has 122 valence electrons. The van der Waals surface area contributed by atoms with E-state index < -0.39 is 0 Å². The van der Waals surface area contributed by atoms with Gasteiger partial charge in [-0.05, 0) is 50.4 Å². The standard InChI is InChI=1S/C20H27N3/c1-3-22(4-2)20-13-12-18(15-21-20)19-11-8-14-23(19)16-17-9-6-5-7-10-17/h5-7,9-10,12-13,15,19H,3-4,8,11,14,16H2,1-2H3. The molecular formula is C20H27N3. The van der Waals surface area contributed by atoms with Crippen molar-refractivity contribution in [1.29, 1.82) is 0 Å². The zero-order valence-corrected chi connectivity index (χ0v) is 14.3. The first-order chi connectivity index (χ1) is 11.3. The van der Waals surface area contributed by atoms with E-state index in [0.717, 1.165) is 25.5 Å². The third-order valence-electron chi connectivity index (χ3n) is 4.84. The van der Waals surface area contributed by atoms with Gasteiger partial charge in [-0.15, -0.1) is 0 Å². The van der Waals surface area contributed by atoms with Crippen molar-refractivity contribution in [2.45, 2.75) is 39.3 Å². The molecule has 2 heterocycles. The molecule has 0 spiro atoms. The van der Waals surface area contributed by atoms with Crippen molar-refractivity contribution in [2.75, 3.05) is 24.5 Å². The van der Waals surface area contributed by atoms with Gasteiger partial charge in [0, 0.05) is 31.9 Å². The van der Waals surface area contributed by atoms with Crippen LogP contribution >= 0.6 is 0 Å². The molecule has 1 unspecified atom stereocenters. The van der Waals surface area contributed by atoms with Crippen LogP contribution in [0.5, 0.6) is 0 Å².